The molecule has 0 spiro atoms. The fourth-order valence-corrected chi connectivity index (χ4v) is 3.80. The molecule has 1 aromatic rings. The summed E-state index contributed by atoms with van der Waals surface area (Å²) in [6.07, 6.45) is 0.946. The molecule has 0 aromatic heterocycles. The van der Waals surface area contributed by atoms with E-state index in [2.05, 4.69) is 4.72 Å². The molecule has 0 fully saturated rings. The van der Waals surface area contributed by atoms with Crippen molar-refractivity contribution in [3.63, 3.8) is 0 Å². The second-order valence-corrected chi connectivity index (χ2v) is 6.75. The predicted octanol–water partition coefficient (Wildman–Crippen LogP) is 2.47. The molecule has 10 heteroatoms. The molecule has 0 bridgehead atoms. The lowest BCUT2D eigenvalue weighted by atomic mass is 9.95. The van der Waals surface area contributed by atoms with E-state index in [9.17, 15) is 18.5 Å². The van der Waals surface area contributed by atoms with Crippen LogP contribution in [0.15, 0.2) is 23.1 Å². The average molecular weight is 372 g/mol. The van der Waals surface area contributed by atoms with Gasteiger partial charge >= 0.3 is 0 Å². The summed E-state index contributed by atoms with van der Waals surface area (Å²) in [6, 6.07) is 3.43. The molecule has 0 aliphatic heterocycles. The maximum Gasteiger partial charge on any atom is 0.290 e. The molecule has 0 unspecified atom stereocenters. The number of nitrogens with one attached hydrogen (secondary N) is 1. The van der Waals surface area contributed by atoms with Gasteiger partial charge in [0.15, 0.2) is 4.90 Å². The van der Waals surface area contributed by atoms with Crippen molar-refractivity contribution in [3.05, 3.63) is 33.3 Å². The molecule has 0 aliphatic rings. The van der Waals surface area contributed by atoms with Gasteiger partial charge in [-0.25, -0.2) is 13.1 Å². The van der Waals surface area contributed by atoms with Crippen LogP contribution < -0.4 is 10.5 Å². The molecule has 126 valence electrons. The molecule has 0 atom stereocenters. The van der Waals surface area contributed by atoms with E-state index in [4.69, 9.17) is 17.3 Å². The predicted molar refractivity (Wildman–Crippen MR) is 88.0 cm³/mol. The number of rotatable bonds is 7. The molecule has 0 radical (unpaired) electrons. The Morgan fingerprint density at radius 2 is 1.91 bits per heavy atom. The van der Waals surface area contributed by atoms with Gasteiger partial charge in [-0.15, -0.1) is 12.4 Å². The first kappa shape index (κ1) is 21.1. The minimum Gasteiger partial charge on any atom is -0.329 e. The van der Waals surface area contributed by atoms with Gasteiger partial charge < -0.3 is 5.73 Å². The summed E-state index contributed by atoms with van der Waals surface area (Å²) in [7, 11) is -4.08. The zero-order chi connectivity index (χ0) is 16.3. The van der Waals surface area contributed by atoms with Crippen molar-refractivity contribution >= 4 is 39.7 Å². The van der Waals surface area contributed by atoms with Crippen LogP contribution in [-0.4, -0.2) is 25.4 Å². The van der Waals surface area contributed by atoms with E-state index in [1.165, 1.54) is 6.07 Å². The van der Waals surface area contributed by atoms with Crippen LogP contribution in [0.25, 0.3) is 0 Å². The van der Waals surface area contributed by atoms with Crippen molar-refractivity contribution in [3.8, 4) is 0 Å². The number of nitrogens with two attached hydrogens (primary N) is 1. The van der Waals surface area contributed by atoms with Gasteiger partial charge in [-0.2, -0.15) is 0 Å². The quantitative estimate of drug-likeness (QED) is 0.564. The highest BCUT2D eigenvalue weighted by molar-refractivity contribution is 7.89. The molecule has 7 nitrogen and oxygen atoms in total. The molecule has 0 aliphatic carbocycles. The van der Waals surface area contributed by atoms with E-state index < -0.39 is 31.1 Å². The standard InChI is InChI=1S/C12H18ClN3O4S.ClH/c1-3-12(4-2,8-14)15-21(19,20)11-6-5-9(13)7-10(11)16(17)18;/h5-7,15H,3-4,8,14H2,1-2H3;1H. The minimum atomic E-state index is -4.08. The van der Waals surface area contributed by atoms with E-state index >= 15 is 0 Å². The molecule has 0 heterocycles. The van der Waals surface area contributed by atoms with Crippen LogP contribution in [0.5, 0.6) is 0 Å². The number of sulfonamides is 1. The van der Waals surface area contributed by atoms with Gasteiger partial charge in [0.2, 0.25) is 10.0 Å². The second-order valence-electron chi connectivity index (χ2n) is 4.67. The Hall–Kier alpha value is -0.930. The highest BCUT2D eigenvalue weighted by Gasteiger charge is 2.34. The molecular formula is C12H19Cl2N3O4S. The number of halogens is 2. The van der Waals surface area contributed by atoms with Crippen molar-refractivity contribution in [2.75, 3.05) is 6.54 Å². The number of nitrogens with zero attached hydrogens (tertiary/aromatic N) is 1. The first-order valence-corrected chi connectivity index (χ1v) is 8.25. The third-order valence-corrected chi connectivity index (χ3v) is 5.36. The Labute approximate surface area is 140 Å². The smallest absolute Gasteiger partial charge is 0.290 e. The number of benzene rings is 1. The van der Waals surface area contributed by atoms with E-state index in [1.54, 1.807) is 13.8 Å². The van der Waals surface area contributed by atoms with Gasteiger partial charge in [0, 0.05) is 23.2 Å². The number of nitro groups is 1. The van der Waals surface area contributed by atoms with Gasteiger partial charge in [0.25, 0.3) is 5.69 Å². The minimum absolute atomic E-state index is 0. The monoisotopic (exact) mass is 371 g/mol. The molecule has 1 rings (SSSR count). The molecule has 0 saturated carbocycles. The van der Waals surface area contributed by atoms with Crippen LogP contribution in [0.4, 0.5) is 5.69 Å². The van der Waals surface area contributed by atoms with Gasteiger partial charge in [0.05, 0.1) is 4.92 Å². The summed E-state index contributed by atoms with van der Waals surface area (Å²) in [5.41, 5.74) is 4.27. The Balaban J connectivity index is 0.00000441. The zero-order valence-electron chi connectivity index (χ0n) is 12.2. The van der Waals surface area contributed by atoms with E-state index in [1.807, 2.05) is 0 Å². The second kappa shape index (κ2) is 8.07. The maximum atomic E-state index is 12.4. The summed E-state index contributed by atoms with van der Waals surface area (Å²) < 4.78 is 27.4. The Morgan fingerprint density at radius 3 is 2.32 bits per heavy atom. The molecule has 22 heavy (non-hydrogen) atoms. The van der Waals surface area contributed by atoms with Crippen LogP contribution >= 0.6 is 24.0 Å². The Bertz CT molecular complexity index is 625. The van der Waals surface area contributed by atoms with Crippen LogP contribution in [0.3, 0.4) is 0 Å². The topological polar surface area (TPSA) is 115 Å². The summed E-state index contributed by atoms with van der Waals surface area (Å²) in [6.45, 7) is 3.70. The van der Waals surface area contributed by atoms with Crippen molar-refractivity contribution in [1.82, 2.24) is 4.72 Å². The lowest BCUT2D eigenvalue weighted by Gasteiger charge is -2.30. The van der Waals surface area contributed by atoms with Crippen LogP contribution in [0.1, 0.15) is 26.7 Å². The highest BCUT2D eigenvalue weighted by atomic mass is 35.5. The molecule has 3 N–H and O–H groups in total. The van der Waals surface area contributed by atoms with Gasteiger partial charge in [0.1, 0.15) is 0 Å². The van der Waals surface area contributed by atoms with Crippen LogP contribution in [0.2, 0.25) is 5.02 Å². The first-order chi connectivity index (χ1) is 9.71. The van der Waals surface area contributed by atoms with Gasteiger partial charge in [-0.1, -0.05) is 25.4 Å². The SMILES string of the molecule is CCC(CC)(CN)NS(=O)(=O)c1ccc(Cl)cc1[N+](=O)[O-].Cl. The number of hydrogen-bond donors (Lipinski definition) is 2. The summed E-state index contributed by atoms with van der Waals surface area (Å²) >= 11 is 5.69. The molecule has 0 saturated heterocycles. The lowest BCUT2D eigenvalue weighted by Crippen LogP contribution is -2.52. The van der Waals surface area contributed by atoms with Crippen molar-refractivity contribution in [2.24, 2.45) is 5.73 Å². The zero-order valence-corrected chi connectivity index (χ0v) is 14.6. The first-order valence-electron chi connectivity index (χ1n) is 6.39. The summed E-state index contributed by atoms with van der Waals surface area (Å²) in [4.78, 5) is 9.83. The fraction of sp³-hybridized carbons (Fsp3) is 0.500. The number of hydrogen-bond acceptors (Lipinski definition) is 5. The van der Waals surface area contributed by atoms with Crippen LogP contribution in [-0.2, 0) is 10.0 Å². The molecular weight excluding hydrogens is 353 g/mol. The lowest BCUT2D eigenvalue weighted by molar-refractivity contribution is -0.387. The Kier molecular flexibility index (Phi) is 7.73. The molecule has 1 aromatic carbocycles. The van der Waals surface area contributed by atoms with Crippen molar-refractivity contribution < 1.29 is 13.3 Å². The van der Waals surface area contributed by atoms with Gasteiger partial charge in [-0.05, 0) is 25.0 Å². The van der Waals surface area contributed by atoms with Crippen molar-refractivity contribution in [1.29, 1.82) is 0 Å². The summed E-state index contributed by atoms with van der Waals surface area (Å²) in [5, 5.41) is 11.1. The maximum absolute atomic E-state index is 12.4. The van der Waals surface area contributed by atoms with Crippen molar-refractivity contribution in [2.45, 2.75) is 37.1 Å². The van der Waals surface area contributed by atoms with E-state index in [0.717, 1.165) is 12.1 Å². The van der Waals surface area contributed by atoms with E-state index in [0.29, 0.717) is 12.8 Å². The van der Waals surface area contributed by atoms with E-state index in [-0.39, 0.29) is 24.0 Å². The van der Waals surface area contributed by atoms with Gasteiger partial charge in [-0.3, -0.25) is 10.1 Å². The van der Waals surface area contributed by atoms with Crippen LogP contribution in [0, 0.1) is 10.1 Å². The fourth-order valence-electron chi connectivity index (χ4n) is 1.93. The molecule has 0 amide bonds. The number of nitro benzene ring substituents is 1. The average Bonchev–Trinajstić information content (AvgIpc) is 2.44. The largest absolute Gasteiger partial charge is 0.329 e. The third-order valence-electron chi connectivity index (χ3n) is 3.50. The summed E-state index contributed by atoms with van der Waals surface area (Å²) in [5.74, 6) is 0. The third kappa shape index (κ3) is 4.53. The highest BCUT2D eigenvalue weighted by Crippen LogP contribution is 2.28. The Morgan fingerprint density at radius 1 is 1.36 bits per heavy atom. The normalized spacial score (nSPS) is 11.8.